The molecular formula is C37H38N2O3. The molecule has 0 spiro atoms. The van der Waals surface area contributed by atoms with E-state index in [1.54, 1.807) is 7.11 Å². The van der Waals surface area contributed by atoms with E-state index in [2.05, 4.69) is 90.5 Å². The Bertz CT molecular complexity index is 1650. The number of aromatic nitrogens is 1. The molecule has 1 aromatic heterocycles. The van der Waals surface area contributed by atoms with E-state index < -0.39 is 0 Å². The highest BCUT2D eigenvalue weighted by atomic mass is 16.5. The Hall–Kier alpha value is -4.51. The topological polar surface area (TPSA) is 43.7 Å². The first-order valence-electron chi connectivity index (χ1n) is 14.8. The number of carbonyl (C=O) groups is 1. The number of nitrogens with zero attached hydrogens (tertiary/aromatic N) is 2. The summed E-state index contributed by atoms with van der Waals surface area (Å²) < 4.78 is 14.3. The van der Waals surface area contributed by atoms with Gasteiger partial charge in [0.25, 0.3) is 0 Å². The van der Waals surface area contributed by atoms with E-state index in [1.165, 1.54) is 22.0 Å². The largest absolute Gasteiger partial charge is 0.493 e. The molecule has 1 amide bonds. The van der Waals surface area contributed by atoms with Gasteiger partial charge in [-0.05, 0) is 60.2 Å². The highest BCUT2D eigenvalue weighted by molar-refractivity contribution is 5.87. The molecule has 5 aromatic rings. The summed E-state index contributed by atoms with van der Waals surface area (Å²) in [6, 6.07) is 33.5. The van der Waals surface area contributed by atoms with Crippen LogP contribution in [0, 0.1) is 6.92 Å². The van der Waals surface area contributed by atoms with Crippen molar-refractivity contribution in [2.75, 3.05) is 20.2 Å². The van der Waals surface area contributed by atoms with Gasteiger partial charge in [-0.2, -0.15) is 0 Å². The van der Waals surface area contributed by atoms with Gasteiger partial charge in [-0.3, -0.25) is 4.79 Å². The van der Waals surface area contributed by atoms with Crippen molar-refractivity contribution in [1.29, 1.82) is 0 Å². The van der Waals surface area contributed by atoms with Crippen molar-refractivity contribution >= 4 is 16.8 Å². The fourth-order valence-corrected chi connectivity index (χ4v) is 6.01. The number of methoxy groups -OCH3 is 1. The van der Waals surface area contributed by atoms with E-state index in [9.17, 15) is 4.79 Å². The number of para-hydroxylation sites is 1. The molecule has 1 fully saturated rings. The van der Waals surface area contributed by atoms with Gasteiger partial charge in [0.15, 0.2) is 11.5 Å². The molecule has 0 N–H and O–H groups in total. The number of benzene rings is 4. The minimum atomic E-state index is -0.132. The van der Waals surface area contributed by atoms with Gasteiger partial charge in [0.05, 0.1) is 7.11 Å². The Morgan fingerprint density at radius 3 is 2.33 bits per heavy atom. The predicted octanol–water partition coefficient (Wildman–Crippen LogP) is 7.73. The second kappa shape index (κ2) is 12.6. The molecule has 0 radical (unpaired) electrons. The molecule has 1 aliphatic rings. The predicted molar refractivity (Wildman–Crippen MR) is 168 cm³/mol. The van der Waals surface area contributed by atoms with Crippen molar-refractivity contribution in [1.82, 2.24) is 9.47 Å². The Morgan fingerprint density at radius 2 is 1.57 bits per heavy atom. The van der Waals surface area contributed by atoms with Gasteiger partial charge in [-0.25, -0.2) is 0 Å². The molecule has 0 saturated carbocycles. The minimum absolute atomic E-state index is 0.132. The summed E-state index contributed by atoms with van der Waals surface area (Å²) in [6.07, 6.45) is 4.81. The molecule has 1 aliphatic heterocycles. The maximum absolute atomic E-state index is 13.7. The zero-order valence-corrected chi connectivity index (χ0v) is 24.5. The number of fused-ring (bicyclic) bond motifs is 1. The zero-order valence-electron chi connectivity index (χ0n) is 24.5. The van der Waals surface area contributed by atoms with Gasteiger partial charge in [0, 0.05) is 49.1 Å². The molecule has 4 aromatic carbocycles. The van der Waals surface area contributed by atoms with Gasteiger partial charge in [0.1, 0.15) is 6.61 Å². The number of hydrogen-bond acceptors (Lipinski definition) is 3. The monoisotopic (exact) mass is 558 g/mol. The summed E-state index contributed by atoms with van der Waals surface area (Å²) >= 11 is 0. The van der Waals surface area contributed by atoms with Gasteiger partial charge >= 0.3 is 0 Å². The van der Waals surface area contributed by atoms with Crippen LogP contribution in [-0.4, -0.2) is 35.6 Å². The first-order chi connectivity index (χ1) is 20.6. The van der Waals surface area contributed by atoms with Crippen LogP contribution in [0.5, 0.6) is 11.5 Å². The average Bonchev–Trinajstić information content (AvgIpc) is 3.70. The maximum Gasteiger partial charge on any atom is 0.223 e. The number of carbonyl (C=O) groups excluding carboxylic acids is 1. The molecule has 2 heterocycles. The smallest absolute Gasteiger partial charge is 0.223 e. The summed E-state index contributed by atoms with van der Waals surface area (Å²) in [5.41, 5.74) is 6.96. The zero-order chi connectivity index (χ0) is 28.9. The van der Waals surface area contributed by atoms with Crippen LogP contribution in [-0.2, 0) is 17.9 Å². The van der Waals surface area contributed by atoms with E-state index >= 15 is 0 Å². The van der Waals surface area contributed by atoms with Crippen LogP contribution in [0.15, 0.2) is 103 Å². The lowest BCUT2D eigenvalue weighted by Crippen LogP contribution is -2.29. The third-order valence-electron chi connectivity index (χ3n) is 8.33. The molecule has 5 heteroatoms. The van der Waals surface area contributed by atoms with E-state index in [-0.39, 0.29) is 11.8 Å². The van der Waals surface area contributed by atoms with Crippen molar-refractivity contribution in [2.45, 2.75) is 45.3 Å². The minimum Gasteiger partial charge on any atom is -0.493 e. The van der Waals surface area contributed by atoms with Gasteiger partial charge in [0.2, 0.25) is 5.91 Å². The number of ether oxygens (including phenoxy) is 2. The molecule has 1 unspecified atom stereocenters. The molecule has 1 saturated heterocycles. The van der Waals surface area contributed by atoms with Gasteiger partial charge < -0.3 is 18.9 Å². The van der Waals surface area contributed by atoms with Crippen LogP contribution in [0.1, 0.15) is 53.0 Å². The second-order valence-electron chi connectivity index (χ2n) is 11.2. The normalized spacial score (nSPS) is 13.8. The molecule has 5 nitrogen and oxygen atoms in total. The number of hydrogen-bond donors (Lipinski definition) is 0. The lowest BCUT2D eigenvalue weighted by Gasteiger charge is -2.22. The van der Waals surface area contributed by atoms with Crippen LogP contribution in [0.25, 0.3) is 10.9 Å². The second-order valence-corrected chi connectivity index (χ2v) is 11.2. The molecule has 42 heavy (non-hydrogen) atoms. The molecular weight excluding hydrogens is 520 g/mol. The average molecular weight is 559 g/mol. The first kappa shape index (κ1) is 27.6. The third kappa shape index (κ3) is 6.06. The Morgan fingerprint density at radius 1 is 0.833 bits per heavy atom. The Labute approximate surface area is 248 Å². The fourth-order valence-electron chi connectivity index (χ4n) is 6.01. The van der Waals surface area contributed by atoms with Crippen molar-refractivity contribution in [3.63, 3.8) is 0 Å². The highest BCUT2D eigenvalue weighted by Gasteiger charge is 2.27. The number of amides is 1. The maximum atomic E-state index is 13.7. The molecule has 1 atom stereocenters. The SMILES string of the molecule is COc1ccc(C(CC(=O)N2CCCC2)c2cn(Cc3ccc(C)cc3)c3ccccc23)cc1OCc1ccccc1. The standard InChI is InChI=1S/C37H38N2O3/c1-27-14-16-28(17-15-27)24-39-25-33(31-12-6-7-13-34(31)39)32(23-37(40)38-20-8-9-21-38)30-18-19-35(41-2)36(22-30)42-26-29-10-4-3-5-11-29/h3-7,10-19,22,25,32H,8-9,20-21,23-24,26H2,1-2H3. The van der Waals surface area contributed by atoms with E-state index in [4.69, 9.17) is 9.47 Å². The van der Waals surface area contributed by atoms with Crippen LogP contribution < -0.4 is 9.47 Å². The van der Waals surface area contributed by atoms with Crippen LogP contribution in [0.2, 0.25) is 0 Å². The third-order valence-corrected chi connectivity index (χ3v) is 8.33. The quantitative estimate of drug-likeness (QED) is 0.176. The summed E-state index contributed by atoms with van der Waals surface area (Å²) in [6.45, 7) is 5.00. The van der Waals surface area contributed by atoms with Crippen LogP contribution in [0.3, 0.4) is 0 Å². The molecule has 6 rings (SSSR count). The Balaban J connectivity index is 1.40. The number of rotatable bonds is 10. The number of aryl methyl sites for hydroxylation is 1. The van der Waals surface area contributed by atoms with Crippen molar-refractivity contribution < 1.29 is 14.3 Å². The van der Waals surface area contributed by atoms with Crippen LogP contribution >= 0.6 is 0 Å². The summed E-state index contributed by atoms with van der Waals surface area (Å²) in [5.74, 6) is 1.43. The van der Waals surface area contributed by atoms with Crippen molar-refractivity contribution in [3.8, 4) is 11.5 Å². The Kier molecular flexibility index (Phi) is 8.27. The lowest BCUT2D eigenvalue weighted by atomic mass is 9.87. The van der Waals surface area contributed by atoms with Crippen LogP contribution in [0.4, 0.5) is 0 Å². The van der Waals surface area contributed by atoms with Gasteiger partial charge in [-0.15, -0.1) is 0 Å². The summed E-state index contributed by atoms with van der Waals surface area (Å²) in [7, 11) is 1.66. The van der Waals surface area contributed by atoms with E-state index in [1.807, 2.05) is 29.2 Å². The first-order valence-corrected chi connectivity index (χ1v) is 14.8. The van der Waals surface area contributed by atoms with Crippen molar-refractivity contribution in [2.24, 2.45) is 0 Å². The van der Waals surface area contributed by atoms with E-state index in [0.29, 0.717) is 24.5 Å². The number of likely N-dealkylation sites (tertiary alicyclic amines) is 1. The highest BCUT2D eigenvalue weighted by Crippen LogP contribution is 2.39. The molecule has 0 aliphatic carbocycles. The summed E-state index contributed by atoms with van der Waals surface area (Å²) in [5, 5.41) is 1.17. The van der Waals surface area contributed by atoms with E-state index in [0.717, 1.165) is 49.2 Å². The molecule has 0 bridgehead atoms. The summed E-state index contributed by atoms with van der Waals surface area (Å²) in [4.78, 5) is 15.7. The lowest BCUT2D eigenvalue weighted by molar-refractivity contribution is -0.130. The van der Waals surface area contributed by atoms with Crippen molar-refractivity contribution in [3.05, 3.63) is 131 Å². The van der Waals surface area contributed by atoms with Gasteiger partial charge in [-0.1, -0.05) is 84.4 Å². The fraction of sp³-hybridized carbons (Fsp3) is 0.270. The molecule has 214 valence electrons.